The number of ether oxygens (including phenoxy) is 1. The normalized spacial score (nSPS) is 16.4. The van der Waals surface area contributed by atoms with Gasteiger partial charge in [0, 0.05) is 41.3 Å². The molecule has 204 valence electrons. The summed E-state index contributed by atoms with van der Waals surface area (Å²) >= 11 is 6.10. The number of halogens is 1. The lowest BCUT2D eigenvalue weighted by molar-refractivity contribution is -0.143. The second-order valence-corrected chi connectivity index (χ2v) is 10.3. The van der Waals surface area contributed by atoms with Gasteiger partial charge in [-0.05, 0) is 93.1 Å². The molecule has 3 aromatic rings. The molecule has 1 heterocycles. The topological polar surface area (TPSA) is 66.9 Å². The van der Waals surface area contributed by atoms with E-state index in [0.717, 1.165) is 41.8 Å². The van der Waals surface area contributed by atoms with Gasteiger partial charge in [0.05, 0.1) is 12.6 Å². The number of fused-ring (bicyclic) bond motifs is 1. The molecule has 7 heteroatoms. The van der Waals surface area contributed by atoms with Crippen molar-refractivity contribution < 1.29 is 19.1 Å². The van der Waals surface area contributed by atoms with Crippen molar-refractivity contribution in [2.24, 2.45) is 0 Å². The van der Waals surface area contributed by atoms with Crippen LogP contribution >= 0.6 is 11.6 Å². The van der Waals surface area contributed by atoms with E-state index in [2.05, 4.69) is 0 Å². The molecular weight excluding hydrogens is 512 g/mol. The van der Waals surface area contributed by atoms with Gasteiger partial charge in [0.15, 0.2) is 0 Å². The van der Waals surface area contributed by atoms with E-state index in [1.165, 1.54) is 0 Å². The summed E-state index contributed by atoms with van der Waals surface area (Å²) in [6.45, 7) is 5.81. The molecule has 0 radical (unpaired) electrons. The first-order chi connectivity index (χ1) is 18.8. The summed E-state index contributed by atoms with van der Waals surface area (Å²) in [7, 11) is 0. The van der Waals surface area contributed by atoms with E-state index >= 15 is 0 Å². The van der Waals surface area contributed by atoms with Crippen LogP contribution < -0.4 is 9.80 Å². The predicted molar refractivity (Wildman–Crippen MR) is 155 cm³/mol. The second kappa shape index (κ2) is 12.9. The van der Waals surface area contributed by atoms with Crippen molar-refractivity contribution in [3.8, 4) is 0 Å². The van der Waals surface area contributed by atoms with E-state index in [4.69, 9.17) is 16.3 Å². The Morgan fingerprint density at radius 2 is 1.67 bits per heavy atom. The number of unbranched alkanes of at least 4 members (excludes halogenated alkanes) is 1. The van der Waals surface area contributed by atoms with E-state index < -0.39 is 0 Å². The van der Waals surface area contributed by atoms with Gasteiger partial charge in [0.25, 0.3) is 5.91 Å². The lowest BCUT2D eigenvalue weighted by atomic mass is 9.89. The fourth-order valence-electron chi connectivity index (χ4n) is 5.30. The van der Waals surface area contributed by atoms with Crippen LogP contribution in [-0.4, -0.2) is 30.4 Å². The number of hydrogen-bond donors (Lipinski definition) is 0. The Kier molecular flexibility index (Phi) is 9.41. The molecular formula is C32H35ClN2O4. The quantitative estimate of drug-likeness (QED) is 0.211. The number of rotatable bonds is 9. The number of nitrogens with zero attached hydrogens (tertiary/aromatic N) is 2. The minimum Gasteiger partial charge on any atom is -0.466 e. The first-order valence-corrected chi connectivity index (χ1v) is 13.9. The Bertz CT molecular complexity index is 1310. The second-order valence-electron chi connectivity index (χ2n) is 9.91. The number of para-hydroxylation sites is 1. The number of carbonyl (C=O) groups excluding carboxylic acids is 3. The molecule has 3 aromatic carbocycles. The molecule has 0 bridgehead atoms. The molecule has 0 saturated carbocycles. The highest BCUT2D eigenvalue weighted by atomic mass is 35.5. The van der Waals surface area contributed by atoms with Crippen LogP contribution in [0.3, 0.4) is 0 Å². The number of anilines is 2. The Morgan fingerprint density at radius 1 is 0.974 bits per heavy atom. The van der Waals surface area contributed by atoms with Crippen molar-refractivity contribution in [2.45, 2.75) is 65.0 Å². The molecule has 0 aromatic heterocycles. The molecule has 2 amide bonds. The van der Waals surface area contributed by atoms with Crippen molar-refractivity contribution in [2.75, 3.05) is 16.4 Å². The third-order valence-electron chi connectivity index (χ3n) is 7.14. The maximum atomic E-state index is 13.8. The molecule has 1 aliphatic heterocycles. The van der Waals surface area contributed by atoms with Crippen LogP contribution in [0.15, 0.2) is 72.8 Å². The molecule has 0 fully saturated rings. The highest BCUT2D eigenvalue weighted by Gasteiger charge is 2.38. The number of esters is 1. The van der Waals surface area contributed by atoms with Crippen molar-refractivity contribution in [3.63, 3.8) is 0 Å². The van der Waals surface area contributed by atoms with Gasteiger partial charge >= 0.3 is 5.97 Å². The Hall–Kier alpha value is -3.64. The SMILES string of the molecule is CCOC(=O)CCCCc1ccc(C(=O)N2c3ccccc3[C@H](N(C(C)=O)c3ccc(Cl)cc3)C[C@@H]2C)cc1. The van der Waals surface area contributed by atoms with Gasteiger partial charge in [0.2, 0.25) is 5.91 Å². The molecule has 6 nitrogen and oxygen atoms in total. The van der Waals surface area contributed by atoms with Crippen molar-refractivity contribution in [3.05, 3.63) is 94.5 Å². The number of aryl methyl sites for hydroxylation is 1. The highest BCUT2D eigenvalue weighted by molar-refractivity contribution is 6.30. The summed E-state index contributed by atoms with van der Waals surface area (Å²) in [5.74, 6) is -0.290. The first kappa shape index (κ1) is 28.4. The largest absolute Gasteiger partial charge is 0.466 e. The standard InChI is InChI=1S/C32H35ClN2O4/c1-4-39-31(37)12-8-5-9-24-13-15-25(16-14-24)32(38)34-22(2)21-30(28-10-6-7-11-29(28)34)35(23(3)36)27-19-17-26(33)18-20-27/h6-7,10-11,13-20,22,30H,4-5,8-9,12,21H2,1-3H3/t22-,30+/m0/s1. The van der Waals surface area contributed by atoms with E-state index in [0.29, 0.717) is 30.0 Å². The van der Waals surface area contributed by atoms with Crippen LogP contribution in [0.5, 0.6) is 0 Å². The Labute approximate surface area is 235 Å². The van der Waals surface area contributed by atoms with Gasteiger partial charge in [-0.2, -0.15) is 0 Å². The maximum absolute atomic E-state index is 13.8. The fraction of sp³-hybridized carbons (Fsp3) is 0.344. The highest BCUT2D eigenvalue weighted by Crippen LogP contribution is 2.42. The van der Waals surface area contributed by atoms with Gasteiger partial charge in [-0.3, -0.25) is 14.4 Å². The monoisotopic (exact) mass is 546 g/mol. The molecule has 1 aliphatic rings. The first-order valence-electron chi connectivity index (χ1n) is 13.5. The van der Waals surface area contributed by atoms with Crippen LogP contribution in [0, 0.1) is 0 Å². The van der Waals surface area contributed by atoms with Crippen molar-refractivity contribution in [1.82, 2.24) is 0 Å². The number of hydrogen-bond acceptors (Lipinski definition) is 4. The molecule has 0 aliphatic carbocycles. The molecule has 2 atom stereocenters. The summed E-state index contributed by atoms with van der Waals surface area (Å²) in [6, 6.07) is 22.5. The van der Waals surface area contributed by atoms with E-state index in [1.807, 2.05) is 79.4 Å². The lowest BCUT2D eigenvalue weighted by Gasteiger charge is -2.43. The summed E-state index contributed by atoms with van der Waals surface area (Å²) in [5, 5.41) is 0.610. The minimum atomic E-state index is -0.212. The summed E-state index contributed by atoms with van der Waals surface area (Å²) in [5.41, 5.74) is 4.27. The average molecular weight is 547 g/mol. The smallest absolute Gasteiger partial charge is 0.305 e. The predicted octanol–water partition coefficient (Wildman–Crippen LogP) is 7.15. The number of benzene rings is 3. The van der Waals surface area contributed by atoms with Gasteiger partial charge in [-0.15, -0.1) is 0 Å². The number of amides is 2. The maximum Gasteiger partial charge on any atom is 0.305 e. The minimum absolute atomic E-state index is 0.0665. The summed E-state index contributed by atoms with van der Waals surface area (Å²) < 4.78 is 4.98. The van der Waals surface area contributed by atoms with Crippen molar-refractivity contribution >= 4 is 40.8 Å². The van der Waals surface area contributed by atoms with Crippen LogP contribution in [0.1, 0.15) is 74.0 Å². The summed E-state index contributed by atoms with van der Waals surface area (Å²) in [6.07, 6.45) is 3.52. The van der Waals surface area contributed by atoms with Gasteiger partial charge in [-0.25, -0.2) is 0 Å². The van der Waals surface area contributed by atoms with Gasteiger partial charge in [-0.1, -0.05) is 41.9 Å². The van der Waals surface area contributed by atoms with E-state index in [9.17, 15) is 14.4 Å². The molecule has 0 saturated heterocycles. The van der Waals surface area contributed by atoms with Crippen molar-refractivity contribution in [1.29, 1.82) is 0 Å². The number of carbonyl (C=O) groups is 3. The lowest BCUT2D eigenvalue weighted by Crippen LogP contribution is -2.47. The molecule has 4 rings (SSSR count). The molecule has 0 unspecified atom stereocenters. The molecule has 39 heavy (non-hydrogen) atoms. The molecule has 0 N–H and O–H groups in total. The van der Waals surface area contributed by atoms with Crippen LogP contribution in [0.25, 0.3) is 0 Å². The Morgan fingerprint density at radius 3 is 2.33 bits per heavy atom. The van der Waals surface area contributed by atoms with Crippen LogP contribution in [0.4, 0.5) is 11.4 Å². The zero-order valence-corrected chi connectivity index (χ0v) is 23.5. The third kappa shape index (κ3) is 6.69. The van der Waals surface area contributed by atoms with Crippen LogP contribution in [0.2, 0.25) is 5.02 Å². The Balaban J connectivity index is 1.52. The van der Waals surface area contributed by atoms with E-state index in [-0.39, 0.29) is 29.9 Å². The zero-order valence-electron chi connectivity index (χ0n) is 22.7. The fourth-order valence-corrected chi connectivity index (χ4v) is 5.43. The zero-order chi connectivity index (χ0) is 27.9. The average Bonchev–Trinajstić information content (AvgIpc) is 2.92. The van der Waals surface area contributed by atoms with Gasteiger partial charge < -0.3 is 14.5 Å². The van der Waals surface area contributed by atoms with Crippen LogP contribution in [-0.2, 0) is 20.7 Å². The van der Waals surface area contributed by atoms with E-state index in [1.54, 1.807) is 24.0 Å². The third-order valence-corrected chi connectivity index (χ3v) is 7.39. The van der Waals surface area contributed by atoms with Gasteiger partial charge in [0.1, 0.15) is 0 Å². The summed E-state index contributed by atoms with van der Waals surface area (Å²) in [4.78, 5) is 41.8. The molecule has 0 spiro atoms.